The van der Waals surface area contributed by atoms with Crippen LogP contribution in [-0.4, -0.2) is 24.2 Å². The predicted octanol–water partition coefficient (Wildman–Crippen LogP) is -0.105. The van der Waals surface area contributed by atoms with Crippen LogP contribution in [0, 0.1) is 5.92 Å². The van der Waals surface area contributed by atoms with Crippen LogP contribution in [0.15, 0.2) is 0 Å². The van der Waals surface area contributed by atoms with Crippen LogP contribution in [0.3, 0.4) is 0 Å². The number of aliphatic hydroxyl groups excluding tert-OH is 1. The van der Waals surface area contributed by atoms with E-state index >= 15 is 0 Å². The van der Waals surface area contributed by atoms with E-state index in [1.807, 2.05) is 0 Å². The summed E-state index contributed by atoms with van der Waals surface area (Å²) in [6.45, 7) is 1.01. The van der Waals surface area contributed by atoms with Gasteiger partial charge in [-0.15, -0.1) is 0 Å². The summed E-state index contributed by atoms with van der Waals surface area (Å²) >= 11 is 0. The highest BCUT2D eigenvalue weighted by Crippen LogP contribution is 2.14. The van der Waals surface area contributed by atoms with Crippen molar-refractivity contribution in [2.75, 3.05) is 13.2 Å². The van der Waals surface area contributed by atoms with Gasteiger partial charge in [0.2, 0.25) is 5.91 Å². The van der Waals surface area contributed by atoms with E-state index in [1.54, 1.807) is 0 Å². The second kappa shape index (κ2) is 3.56. The van der Waals surface area contributed by atoms with E-state index in [-0.39, 0.29) is 18.4 Å². The van der Waals surface area contributed by atoms with E-state index in [0.717, 1.165) is 25.8 Å². The number of hydrogen-bond acceptors (Lipinski definition) is 2. The minimum atomic E-state index is 0.161. The molecule has 0 saturated carbocycles. The maximum Gasteiger partial charge on any atom is 0.223 e. The maximum absolute atomic E-state index is 10.9. The van der Waals surface area contributed by atoms with Crippen LogP contribution >= 0.6 is 0 Å². The Kier molecular flexibility index (Phi) is 2.68. The summed E-state index contributed by atoms with van der Waals surface area (Å²) in [6, 6.07) is 0. The lowest BCUT2D eigenvalue weighted by molar-refractivity contribution is -0.122. The zero-order chi connectivity index (χ0) is 7.40. The molecule has 0 spiro atoms. The van der Waals surface area contributed by atoms with Crippen LogP contribution in [-0.2, 0) is 4.79 Å². The lowest BCUT2D eigenvalue weighted by Gasteiger charge is -2.02. The Morgan fingerprint density at radius 1 is 1.70 bits per heavy atom. The second-order valence-corrected chi connectivity index (χ2v) is 2.64. The molecule has 0 aliphatic carbocycles. The number of amides is 1. The quantitative estimate of drug-likeness (QED) is 0.579. The molecular formula is C7H13NO2. The number of carbonyl (C=O) groups excluding carboxylic acids is 1. The van der Waals surface area contributed by atoms with Gasteiger partial charge in [-0.25, -0.2) is 0 Å². The number of rotatable bonds is 3. The Bertz CT molecular complexity index is 125. The highest BCUT2D eigenvalue weighted by molar-refractivity contribution is 5.80. The van der Waals surface area contributed by atoms with Crippen LogP contribution in [0.4, 0.5) is 0 Å². The lowest BCUT2D eigenvalue weighted by Crippen LogP contribution is -2.19. The molecule has 3 heteroatoms. The molecule has 58 valence electrons. The molecule has 0 unspecified atom stereocenters. The van der Waals surface area contributed by atoms with Gasteiger partial charge >= 0.3 is 0 Å². The molecule has 0 radical (unpaired) electrons. The second-order valence-electron chi connectivity index (χ2n) is 2.64. The summed E-state index contributed by atoms with van der Waals surface area (Å²) in [4.78, 5) is 10.9. The van der Waals surface area contributed by atoms with Crippen molar-refractivity contribution in [3.63, 3.8) is 0 Å². The van der Waals surface area contributed by atoms with Gasteiger partial charge in [0.15, 0.2) is 0 Å². The fraction of sp³-hybridized carbons (Fsp3) is 0.857. The first kappa shape index (κ1) is 7.54. The molecule has 1 rings (SSSR count). The van der Waals surface area contributed by atoms with Crippen molar-refractivity contribution in [3.8, 4) is 0 Å². The fourth-order valence-electron chi connectivity index (χ4n) is 1.26. The summed E-state index contributed by atoms with van der Waals surface area (Å²) in [5, 5.41) is 11.2. The first-order valence-electron chi connectivity index (χ1n) is 3.73. The van der Waals surface area contributed by atoms with Gasteiger partial charge in [-0.2, -0.15) is 0 Å². The Morgan fingerprint density at radius 2 is 2.50 bits per heavy atom. The zero-order valence-corrected chi connectivity index (χ0v) is 5.97. The third kappa shape index (κ3) is 1.70. The first-order chi connectivity index (χ1) is 4.84. The van der Waals surface area contributed by atoms with Crippen molar-refractivity contribution in [2.24, 2.45) is 5.92 Å². The standard InChI is InChI=1S/C7H13NO2/c9-5-1-2-6-3-4-8-7(6)10/h6,9H,1-5H2,(H,8,10)/t6-/m1/s1. The lowest BCUT2D eigenvalue weighted by atomic mass is 10.0. The topological polar surface area (TPSA) is 49.3 Å². The van der Waals surface area contributed by atoms with E-state index in [0.29, 0.717) is 0 Å². The van der Waals surface area contributed by atoms with Crippen LogP contribution in [0.5, 0.6) is 0 Å². The Labute approximate surface area is 60.4 Å². The van der Waals surface area contributed by atoms with Crippen molar-refractivity contribution in [1.82, 2.24) is 5.32 Å². The molecule has 0 aromatic rings. The highest BCUT2D eigenvalue weighted by Gasteiger charge is 2.22. The third-order valence-electron chi connectivity index (χ3n) is 1.87. The number of carbonyl (C=O) groups is 1. The summed E-state index contributed by atoms with van der Waals surface area (Å²) in [6.07, 6.45) is 2.53. The smallest absolute Gasteiger partial charge is 0.223 e. The molecule has 0 aromatic heterocycles. The van der Waals surface area contributed by atoms with Crippen LogP contribution in [0.2, 0.25) is 0 Å². The van der Waals surface area contributed by atoms with E-state index < -0.39 is 0 Å². The Balaban J connectivity index is 2.20. The average Bonchev–Trinajstić information content (AvgIpc) is 2.31. The van der Waals surface area contributed by atoms with Gasteiger partial charge in [-0.1, -0.05) is 0 Å². The number of hydrogen-bond donors (Lipinski definition) is 2. The van der Waals surface area contributed by atoms with Crippen LogP contribution in [0.1, 0.15) is 19.3 Å². The average molecular weight is 143 g/mol. The largest absolute Gasteiger partial charge is 0.396 e. The molecule has 10 heavy (non-hydrogen) atoms. The van der Waals surface area contributed by atoms with E-state index in [4.69, 9.17) is 5.11 Å². The summed E-state index contributed by atoms with van der Waals surface area (Å²) in [5.41, 5.74) is 0. The normalized spacial score (nSPS) is 24.9. The Hall–Kier alpha value is -0.570. The minimum absolute atomic E-state index is 0.161. The minimum Gasteiger partial charge on any atom is -0.396 e. The predicted molar refractivity (Wildman–Crippen MR) is 37.4 cm³/mol. The Morgan fingerprint density at radius 3 is 3.00 bits per heavy atom. The van der Waals surface area contributed by atoms with Gasteiger partial charge in [-0.3, -0.25) is 4.79 Å². The maximum atomic E-state index is 10.9. The molecule has 1 amide bonds. The number of nitrogens with one attached hydrogen (secondary N) is 1. The van der Waals surface area contributed by atoms with Crippen molar-refractivity contribution in [1.29, 1.82) is 0 Å². The van der Waals surface area contributed by atoms with Crippen molar-refractivity contribution < 1.29 is 9.90 Å². The molecule has 0 bridgehead atoms. The van der Waals surface area contributed by atoms with Gasteiger partial charge in [0.05, 0.1) is 0 Å². The third-order valence-corrected chi connectivity index (χ3v) is 1.87. The first-order valence-corrected chi connectivity index (χ1v) is 3.73. The van der Waals surface area contributed by atoms with Crippen molar-refractivity contribution in [3.05, 3.63) is 0 Å². The molecular weight excluding hydrogens is 130 g/mol. The molecule has 3 nitrogen and oxygen atoms in total. The molecule has 1 aliphatic heterocycles. The van der Waals surface area contributed by atoms with E-state index in [9.17, 15) is 4.79 Å². The molecule has 1 heterocycles. The number of aliphatic hydroxyl groups is 1. The zero-order valence-electron chi connectivity index (χ0n) is 5.97. The van der Waals surface area contributed by atoms with Gasteiger partial charge in [0.25, 0.3) is 0 Å². The van der Waals surface area contributed by atoms with Gasteiger partial charge in [-0.05, 0) is 19.3 Å². The van der Waals surface area contributed by atoms with Gasteiger partial charge in [0.1, 0.15) is 0 Å². The molecule has 0 aromatic carbocycles. The molecule has 1 saturated heterocycles. The van der Waals surface area contributed by atoms with E-state index in [2.05, 4.69) is 5.32 Å². The fourth-order valence-corrected chi connectivity index (χ4v) is 1.26. The van der Waals surface area contributed by atoms with Crippen molar-refractivity contribution >= 4 is 5.91 Å². The monoisotopic (exact) mass is 143 g/mol. The van der Waals surface area contributed by atoms with Gasteiger partial charge < -0.3 is 10.4 Å². The summed E-state index contributed by atoms with van der Waals surface area (Å²) < 4.78 is 0. The van der Waals surface area contributed by atoms with Crippen LogP contribution < -0.4 is 5.32 Å². The summed E-state index contributed by atoms with van der Waals surface area (Å²) in [7, 11) is 0. The molecule has 1 fully saturated rings. The van der Waals surface area contributed by atoms with Crippen molar-refractivity contribution in [2.45, 2.75) is 19.3 Å². The SMILES string of the molecule is O=C1NCC[C@H]1CCCO. The van der Waals surface area contributed by atoms with Crippen LogP contribution in [0.25, 0.3) is 0 Å². The summed E-state index contributed by atoms with van der Waals surface area (Å²) in [5.74, 6) is 0.334. The highest BCUT2D eigenvalue weighted by atomic mass is 16.3. The molecule has 2 N–H and O–H groups in total. The molecule has 1 atom stereocenters. The van der Waals surface area contributed by atoms with E-state index in [1.165, 1.54) is 0 Å². The van der Waals surface area contributed by atoms with Gasteiger partial charge in [0, 0.05) is 19.1 Å². The molecule has 1 aliphatic rings.